The van der Waals surface area contributed by atoms with Gasteiger partial charge in [-0.25, -0.2) is 0 Å². The fourth-order valence-electron chi connectivity index (χ4n) is 1.23. The highest BCUT2D eigenvalue weighted by Gasteiger charge is 1.92. The quantitative estimate of drug-likeness (QED) is 0.492. The van der Waals surface area contributed by atoms with Crippen LogP contribution < -0.4 is 0 Å². The number of hydrogen-bond acceptors (Lipinski definition) is 4. The van der Waals surface area contributed by atoms with Crippen LogP contribution >= 0.6 is 0 Å². The Morgan fingerprint density at radius 1 is 0.688 bits per heavy atom. The van der Waals surface area contributed by atoms with Gasteiger partial charge in [-0.2, -0.15) is 0 Å². The van der Waals surface area contributed by atoms with Gasteiger partial charge < -0.3 is 19.3 Å². The molecule has 0 bridgehead atoms. The van der Waals surface area contributed by atoms with Crippen LogP contribution in [0.5, 0.6) is 0 Å². The van der Waals surface area contributed by atoms with E-state index in [4.69, 9.17) is 19.3 Å². The fourth-order valence-corrected chi connectivity index (χ4v) is 1.23. The third-order valence-corrected chi connectivity index (χ3v) is 2.16. The molecule has 98 valence electrons. The van der Waals surface area contributed by atoms with Gasteiger partial charge in [0, 0.05) is 46.8 Å². The van der Waals surface area contributed by atoms with Crippen LogP contribution in [0.1, 0.15) is 32.1 Å². The van der Waals surface area contributed by atoms with Crippen molar-refractivity contribution in [2.45, 2.75) is 32.1 Å². The minimum absolute atomic E-state index is 0.258. The van der Waals surface area contributed by atoms with E-state index in [0.29, 0.717) is 0 Å². The molecule has 0 amide bonds. The molecule has 0 heterocycles. The zero-order chi connectivity index (χ0) is 11.9. The van der Waals surface area contributed by atoms with E-state index in [2.05, 4.69) is 0 Å². The molecule has 1 N–H and O–H groups in total. The topological polar surface area (TPSA) is 47.9 Å². The molecule has 0 aromatic carbocycles. The number of aliphatic hydroxyl groups is 1. The summed E-state index contributed by atoms with van der Waals surface area (Å²) in [4.78, 5) is 0. The van der Waals surface area contributed by atoms with Crippen molar-refractivity contribution < 1.29 is 19.3 Å². The fraction of sp³-hybridized carbons (Fsp3) is 1.00. The zero-order valence-electron chi connectivity index (χ0n) is 10.5. The van der Waals surface area contributed by atoms with Crippen LogP contribution in [0.4, 0.5) is 0 Å². The second kappa shape index (κ2) is 14.8. The molecule has 0 aliphatic rings. The normalized spacial score (nSPS) is 10.9. The van der Waals surface area contributed by atoms with E-state index in [0.717, 1.165) is 65.1 Å². The molecule has 4 heteroatoms. The molecule has 0 saturated heterocycles. The van der Waals surface area contributed by atoms with Crippen molar-refractivity contribution in [1.29, 1.82) is 0 Å². The van der Waals surface area contributed by atoms with Crippen LogP contribution in [0.3, 0.4) is 0 Å². The summed E-state index contributed by atoms with van der Waals surface area (Å²) >= 11 is 0. The average molecular weight is 234 g/mol. The van der Waals surface area contributed by atoms with Crippen molar-refractivity contribution in [3.05, 3.63) is 0 Å². The lowest BCUT2D eigenvalue weighted by Gasteiger charge is -2.05. The maximum atomic E-state index is 8.54. The number of rotatable bonds is 13. The van der Waals surface area contributed by atoms with Crippen molar-refractivity contribution in [3.63, 3.8) is 0 Å². The minimum atomic E-state index is 0.258. The maximum Gasteiger partial charge on any atom is 0.0487 e. The van der Waals surface area contributed by atoms with Gasteiger partial charge in [0.05, 0.1) is 0 Å². The highest BCUT2D eigenvalue weighted by atomic mass is 16.5. The van der Waals surface area contributed by atoms with E-state index in [1.165, 1.54) is 0 Å². The summed E-state index contributed by atoms with van der Waals surface area (Å²) in [6.07, 6.45) is 4.84. The zero-order valence-corrected chi connectivity index (χ0v) is 10.5. The van der Waals surface area contributed by atoms with Crippen molar-refractivity contribution >= 4 is 0 Å². The Kier molecular flexibility index (Phi) is 14.7. The van der Waals surface area contributed by atoms with Gasteiger partial charge in [0.15, 0.2) is 0 Å². The molecule has 0 aromatic rings. The van der Waals surface area contributed by atoms with Gasteiger partial charge in [-0.3, -0.25) is 0 Å². The molecule has 0 aromatic heterocycles. The van der Waals surface area contributed by atoms with E-state index in [1.54, 1.807) is 7.11 Å². The van der Waals surface area contributed by atoms with Crippen molar-refractivity contribution in [1.82, 2.24) is 0 Å². The molecular formula is C12H26O4. The highest BCUT2D eigenvalue weighted by Crippen LogP contribution is 1.93. The Balaban J connectivity index is 2.83. The summed E-state index contributed by atoms with van der Waals surface area (Å²) in [5.41, 5.74) is 0. The van der Waals surface area contributed by atoms with E-state index in [9.17, 15) is 0 Å². The van der Waals surface area contributed by atoms with Crippen LogP contribution in [0.15, 0.2) is 0 Å². The molecule has 0 aliphatic carbocycles. The van der Waals surface area contributed by atoms with Gasteiger partial charge in [-0.1, -0.05) is 0 Å². The van der Waals surface area contributed by atoms with E-state index in [-0.39, 0.29) is 6.61 Å². The first-order valence-electron chi connectivity index (χ1n) is 6.17. The standard InChI is InChI=1S/C12H26O4/c1-14-8-4-5-10-16-12-6-11-15-9-3-2-7-13/h13H,2-12H2,1H3. The Morgan fingerprint density at radius 2 is 1.19 bits per heavy atom. The van der Waals surface area contributed by atoms with Crippen molar-refractivity contribution in [2.75, 3.05) is 46.8 Å². The molecule has 4 nitrogen and oxygen atoms in total. The lowest BCUT2D eigenvalue weighted by atomic mass is 10.3. The second-order valence-corrected chi connectivity index (χ2v) is 3.71. The van der Waals surface area contributed by atoms with Crippen molar-refractivity contribution in [3.8, 4) is 0 Å². The van der Waals surface area contributed by atoms with E-state index >= 15 is 0 Å². The molecule has 0 unspecified atom stereocenters. The molecule has 0 atom stereocenters. The molecule has 0 saturated carbocycles. The third kappa shape index (κ3) is 13.8. The third-order valence-electron chi connectivity index (χ3n) is 2.16. The van der Waals surface area contributed by atoms with E-state index < -0.39 is 0 Å². The lowest BCUT2D eigenvalue weighted by molar-refractivity contribution is 0.0756. The van der Waals surface area contributed by atoms with Gasteiger partial charge in [-0.05, 0) is 32.1 Å². The molecule has 0 aliphatic heterocycles. The SMILES string of the molecule is COCCCCOCCCOCCCCO. The van der Waals surface area contributed by atoms with Crippen LogP contribution in [0.25, 0.3) is 0 Å². The maximum absolute atomic E-state index is 8.54. The van der Waals surface area contributed by atoms with Crippen LogP contribution in [0, 0.1) is 0 Å². The van der Waals surface area contributed by atoms with Gasteiger partial charge in [0.25, 0.3) is 0 Å². The number of ether oxygens (including phenoxy) is 3. The average Bonchev–Trinajstić information content (AvgIpc) is 2.31. The van der Waals surface area contributed by atoms with Crippen LogP contribution in [-0.2, 0) is 14.2 Å². The summed E-state index contributed by atoms with van der Waals surface area (Å²) in [7, 11) is 1.72. The molecule has 0 spiro atoms. The van der Waals surface area contributed by atoms with Gasteiger partial charge in [0.1, 0.15) is 0 Å². The smallest absolute Gasteiger partial charge is 0.0487 e. The highest BCUT2D eigenvalue weighted by molar-refractivity contribution is 4.40. The van der Waals surface area contributed by atoms with Gasteiger partial charge >= 0.3 is 0 Å². The number of methoxy groups -OCH3 is 1. The summed E-state index contributed by atoms with van der Waals surface area (Å²) in [5, 5.41) is 8.54. The second-order valence-electron chi connectivity index (χ2n) is 3.71. The minimum Gasteiger partial charge on any atom is -0.396 e. The summed E-state index contributed by atoms with van der Waals surface area (Å²) in [5.74, 6) is 0. The summed E-state index contributed by atoms with van der Waals surface area (Å²) in [6, 6.07) is 0. The predicted molar refractivity (Wildman–Crippen MR) is 63.7 cm³/mol. The summed E-state index contributed by atoms with van der Waals surface area (Å²) < 4.78 is 15.7. The predicted octanol–water partition coefficient (Wildman–Crippen LogP) is 1.61. The first kappa shape index (κ1) is 15.8. The molecule has 0 rings (SSSR count). The Bertz CT molecular complexity index is 106. The van der Waals surface area contributed by atoms with Gasteiger partial charge in [-0.15, -0.1) is 0 Å². The lowest BCUT2D eigenvalue weighted by Crippen LogP contribution is -2.04. The van der Waals surface area contributed by atoms with Gasteiger partial charge in [0.2, 0.25) is 0 Å². The molecular weight excluding hydrogens is 208 g/mol. The largest absolute Gasteiger partial charge is 0.396 e. The van der Waals surface area contributed by atoms with E-state index in [1.807, 2.05) is 0 Å². The Hall–Kier alpha value is -0.160. The number of unbranched alkanes of at least 4 members (excludes halogenated alkanes) is 2. The van der Waals surface area contributed by atoms with Crippen LogP contribution in [-0.4, -0.2) is 51.9 Å². The molecule has 16 heavy (non-hydrogen) atoms. The summed E-state index contributed by atoms with van der Waals surface area (Å²) in [6.45, 7) is 4.16. The van der Waals surface area contributed by atoms with Crippen LogP contribution in [0.2, 0.25) is 0 Å². The first-order chi connectivity index (χ1) is 7.91. The monoisotopic (exact) mass is 234 g/mol. The molecule has 0 radical (unpaired) electrons. The molecule has 0 fully saturated rings. The van der Waals surface area contributed by atoms with Crippen molar-refractivity contribution in [2.24, 2.45) is 0 Å². The Morgan fingerprint density at radius 3 is 1.75 bits per heavy atom. The number of aliphatic hydroxyl groups excluding tert-OH is 1. The first-order valence-corrected chi connectivity index (χ1v) is 6.17. The Labute approximate surface area is 98.9 Å². The number of hydrogen-bond donors (Lipinski definition) is 1.